The number of hydrogen-bond acceptors (Lipinski definition) is 2. The highest BCUT2D eigenvalue weighted by molar-refractivity contribution is 5.98. The molecule has 2 nitrogen and oxygen atoms in total. The topological polar surface area (TPSA) is 34.1 Å². The van der Waals surface area contributed by atoms with Crippen molar-refractivity contribution in [1.82, 2.24) is 0 Å². The van der Waals surface area contributed by atoms with Gasteiger partial charge in [0.05, 0.1) is 0 Å². The fourth-order valence-corrected chi connectivity index (χ4v) is 4.38. The molecule has 0 N–H and O–H groups in total. The summed E-state index contributed by atoms with van der Waals surface area (Å²) in [7, 11) is 0. The van der Waals surface area contributed by atoms with E-state index in [1.165, 1.54) is 12.0 Å². The van der Waals surface area contributed by atoms with Crippen LogP contribution in [0.15, 0.2) is 11.6 Å². The van der Waals surface area contributed by atoms with E-state index in [1.807, 2.05) is 6.08 Å². The SMILES string of the molecule is C/C1=C/C(=O)C2CCCC3(CCC(=O)C23)CC1. The van der Waals surface area contributed by atoms with Crippen molar-refractivity contribution in [2.75, 3.05) is 0 Å². The molecule has 0 amide bonds. The van der Waals surface area contributed by atoms with E-state index in [1.54, 1.807) is 0 Å². The van der Waals surface area contributed by atoms with Gasteiger partial charge >= 0.3 is 0 Å². The predicted octanol–water partition coefficient (Wildman–Crippen LogP) is 3.06. The molecule has 0 saturated heterocycles. The quantitative estimate of drug-likeness (QED) is 0.643. The molecule has 2 saturated carbocycles. The number of ketones is 2. The van der Waals surface area contributed by atoms with E-state index in [0.29, 0.717) is 12.2 Å². The molecule has 3 rings (SSSR count). The van der Waals surface area contributed by atoms with Crippen molar-refractivity contribution in [3.63, 3.8) is 0 Å². The van der Waals surface area contributed by atoms with Crippen LogP contribution < -0.4 is 0 Å². The maximum atomic E-state index is 12.2. The van der Waals surface area contributed by atoms with Crippen LogP contribution in [0.3, 0.4) is 0 Å². The van der Waals surface area contributed by atoms with E-state index in [9.17, 15) is 9.59 Å². The molecular formula is C15H20O2. The lowest BCUT2D eigenvalue weighted by atomic mass is 9.59. The van der Waals surface area contributed by atoms with Crippen molar-refractivity contribution >= 4 is 11.6 Å². The Bertz CT molecular complexity index is 407. The molecule has 0 radical (unpaired) electrons. The maximum absolute atomic E-state index is 12.2. The molecule has 2 heteroatoms. The van der Waals surface area contributed by atoms with Crippen LogP contribution in [-0.2, 0) is 9.59 Å². The van der Waals surface area contributed by atoms with Crippen molar-refractivity contribution in [3.05, 3.63) is 11.6 Å². The second-order valence-corrected chi connectivity index (χ2v) is 6.20. The standard InChI is InChI=1S/C15H20O2/c1-10-4-7-15-6-2-3-11(13(17)9-10)14(15)12(16)5-8-15/h9,11,14H,2-8H2,1H3/b10-9-. The summed E-state index contributed by atoms with van der Waals surface area (Å²) in [4.78, 5) is 24.4. The molecule has 2 fully saturated rings. The lowest BCUT2D eigenvalue weighted by Gasteiger charge is -2.43. The minimum absolute atomic E-state index is 0.00833. The second-order valence-electron chi connectivity index (χ2n) is 6.20. The first kappa shape index (κ1) is 11.2. The fraction of sp³-hybridized carbons (Fsp3) is 0.733. The Balaban J connectivity index is 2.05. The van der Waals surface area contributed by atoms with Gasteiger partial charge in [0.2, 0.25) is 0 Å². The molecule has 2 bridgehead atoms. The predicted molar refractivity (Wildman–Crippen MR) is 65.5 cm³/mol. The number of Topliss-reactive ketones (excluding diaryl/α,β-unsaturated/α-hetero) is 1. The first-order valence-corrected chi connectivity index (χ1v) is 6.86. The maximum Gasteiger partial charge on any atom is 0.159 e. The third-order valence-electron chi connectivity index (χ3n) is 5.24. The molecule has 0 spiro atoms. The van der Waals surface area contributed by atoms with Crippen LogP contribution in [0.5, 0.6) is 0 Å². The lowest BCUT2D eigenvalue weighted by molar-refractivity contribution is -0.134. The van der Waals surface area contributed by atoms with E-state index in [-0.39, 0.29) is 23.0 Å². The van der Waals surface area contributed by atoms with Gasteiger partial charge in [-0.2, -0.15) is 0 Å². The zero-order valence-corrected chi connectivity index (χ0v) is 10.5. The Morgan fingerprint density at radius 3 is 2.76 bits per heavy atom. The average Bonchev–Trinajstić information content (AvgIpc) is 2.64. The van der Waals surface area contributed by atoms with Gasteiger partial charge in [-0.1, -0.05) is 12.0 Å². The van der Waals surface area contributed by atoms with Crippen LogP contribution in [0, 0.1) is 17.3 Å². The molecule has 0 heterocycles. The molecule has 0 aromatic rings. The third kappa shape index (κ3) is 1.61. The van der Waals surface area contributed by atoms with Crippen molar-refractivity contribution in [2.45, 2.75) is 51.9 Å². The number of allylic oxidation sites excluding steroid dienone is 2. The average molecular weight is 232 g/mol. The molecule has 3 aliphatic carbocycles. The normalized spacial score (nSPS) is 44.6. The molecule has 92 valence electrons. The zero-order chi connectivity index (χ0) is 12.0. The highest BCUT2D eigenvalue weighted by Gasteiger charge is 2.54. The summed E-state index contributed by atoms with van der Waals surface area (Å²) < 4.78 is 0. The van der Waals surface area contributed by atoms with Crippen LogP contribution >= 0.6 is 0 Å². The van der Waals surface area contributed by atoms with Gasteiger partial charge in [-0.15, -0.1) is 0 Å². The van der Waals surface area contributed by atoms with Crippen LogP contribution in [0.25, 0.3) is 0 Å². The van der Waals surface area contributed by atoms with Gasteiger partial charge < -0.3 is 0 Å². The van der Waals surface area contributed by atoms with Gasteiger partial charge in [0.25, 0.3) is 0 Å². The molecular weight excluding hydrogens is 212 g/mol. The molecule has 3 unspecified atom stereocenters. The number of carbonyl (C=O) groups excluding carboxylic acids is 2. The summed E-state index contributed by atoms with van der Waals surface area (Å²) in [6, 6.07) is 0. The van der Waals surface area contributed by atoms with E-state index >= 15 is 0 Å². The van der Waals surface area contributed by atoms with Gasteiger partial charge in [0.1, 0.15) is 5.78 Å². The summed E-state index contributed by atoms with van der Waals surface area (Å²) >= 11 is 0. The van der Waals surface area contributed by atoms with Gasteiger partial charge in [0.15, 0.2) is 5.78 Å². The highest BCUT2D eigenvalue weighted by atomic mass is 16.1. The van der Waals surface area contributed by atoms with Crippen molar-refractivity contribution in [1.29, 1.82) is 0 Å². The minimum atomic E-state index is 0.00833. The molecule has 0 aromatic carbocycles. The first-order chi connectivity index (χ1) is 8.12. The summed E-state index contributed by atoms with van der Waals surface area (Å²) in [5.41, 5.74) is 1.39. The summed E-state index contributed by atoms with van der Waals surface area (Å²) in [6.07, 6.45) is 8.92. The van der Waals surface area contributed by atoms with Gasteiger partial charge in [-0.25, -0.2) is 0 Å². The molecule has 17 heavy (non-hydrogen) atoms. The molecule has 0 aliphatic heterocycles. The van der Waals surface area contributed by atoms with Crippen LogP contribution in [0.4, 0.5) is 0 Å². The minimum Gasteiger partial charge on any atom is -0.299 e. The van der Waals surface area contributed by atoms with E-state index < -0.39 is 0 Å². The lowest BCUT2D eigenvalue weighted by Crippen LogP contribution is -2.42. The summed E-state index contributed by atoms with van der Waals surface area (Å²) in [5, 5.41) is 0. The van der Waals surface area contributed by atoms with Crippen LogP contribution in [-0.4, -0.2) is 11.6 Å². The Hall–Kier alpha value is -0.920. The number of rotatable bonds is 0. The fourth-order valence-electron chi connectivity index (χ4n) is 4.38. The second kappa shape index (κ2) is 3.79. The Labute approximate surface area is 102 Å². The van der Waals surface area contributed by atoms with Gasteiger partial charge in [-0.3, -0.25) is 9.59 Å². The monoisotopic (exact) mass is 232 g/mol. The smallest absolute Gasteiger partial charge is 0.159 e. The highest BCUT2D eigenvalue weighted by Crippen LogP contribution is 2.56. The first-order valence-electron chi connectivity index (χ1n) is 6.86. The van der Waals surface area contributed by atoms with E-state index in [0.717, 1.165) is 32.1 Å². The number of hydrogen-bond donors (Lipinski definition) is 0. The van der Waals surface area contributed by atoms with Crippen molar-refractivity contribution in [3.8, 4) is 0 Å². The van der Waals surface area contributed by atoms with Gasteiger partial charge in [-0.05, 0) is 50.5 Å². The summed E-state index contributed by atoms with van der Waals surface area (Å²) in [5.74, 6) is 0.671. The van der Waals surface area contributed by atoms with Crippen LogP contribution in [0.2, 0.25) is 0 Å². The molecule has 3 aliphatic rings. The van der Waals surface area contributed by atoms with Crippen molar-refractivity contribution < 1.29 is 9.59 Å². The van der Waals surface area contributed by atoms with Crippen molar-refractivity contribution in [2.24, 2.45) is 17.3 Å². The van der Waals surface area contributed by atoms with E-state index in [4.69, 9.17) is 0 Å². The van der Waals surface area contributed by atoms with Crippen LogP contribution in [0.1, 0.15) is 51.9 Å². The Kier molecular flexibility index (Phi) is 2.49. The molecule has 3 atom stereocenters. The van der Waals surface area contributed by atoms with Gasteiger partial charge in [0, 0.05) is 18.3 Å². The Morgan fingerprint density at radius 2 is 1.94 bits per heavy atom. The molecule has 0 aromatic heterocycles. The number of carbonyl (C=O) groups is 2. The summed E-state index contributed by atoms with van der Waals surface area (Å²) in [6.45, 7) is 2.06. The van der Waals surface area contributed by atoms with E-state index in [2.05, 4.69) is 6.92 Å². The Morgan fingerprint density at radius 1 is 1.18 bits per heavy atom. The zero-order valence-electron chi connectivity index (χ0n) is 10.5. The third-order valence-corrected chi connectivity index (χ3v) is 5.24. The largest absolute Gasteiger partial charge is 0.299 e.